The number of nitrogens with one attached hydrogen (secondary N) is 1. The van der Waals surface area contributed by atoms with Gasteiger partial charge in [0.1, 0.15) is 10.0 Å². The Morgan fingerprint density at radius 2 is 1.88 bits per heavy atom. The quantitative estimate of drug-likeness (QED) is 0.252. The van der Waals surface area contributed by atoms with Gasteiger partial charge < -0.3 is 10.1 Å². The zero-order valence-corrected chi connectivity index (χ0v) is 23.7. The lowest BCUT2D eigenvalue weighted by molar-refractivity contribution is -0.142. The van der Waals surface area contributed by atoms with Crippen molar-refractivity contribution in [1.29, 1.82) is 0 Å². The number of thiophene rings is 1. The van der Waals surface area contributed by atoms with Gasteiger partial charge in [0.25, 0.3) is 5.91 Å². The summed E-state index contributed by atoms with van der Waals surface area (Å²) in [6.07, 6.45) is -2.55. The van der Waals surface area contributed by atoms with Crippen molar-refractivity contribution < 1.29 is 27.5 Å². The largest absolute Gasteiger partial charge is 0.465 e. The van der Waals surface area contributed by atoms with Crippen molar-refractivity contribution >= 4 is 45.5 Å². The number of rotatable bonds is 4. The number of fused-ring (bicyclic) bond motifs is 2. The molecule has 0 bridgehead atoms. The molecule has 210 valence electrons. The predicted molar refractivity (Wildman–Crippen MR) is 147 cm³/mol. The zero-order valence-electron chi connectivity index (χ0n) is 22.1. The van der Waals surface area contributed by atoms with Crippen LogP contribution in [0.4, 0.5) is 18.2 Å². The third-order valence-corrected chi connectivity index (χ3v) is 8.73. The SMILES string of the molecule is COC(=O)c1c(NC(=O)c2nn3c(C(F)(F)F)cc(-c4ccccc4)nc3c2Cl)sc2c1CCC(C(C)(C)C)C2. The summed E-state index contributed by atoms with van der Waals surface area (Å²) in [6, 6.07) is 9.18. The van der Waals surface area contributed by atoms with Crippen molar-refractivity contribution in [3.05, 3.63) is 68.8 Å². The molecule has 4 aromatic rings. The van der Waals surface area contributed by atoms with Crippen LogP contribution in [0.2, 0.25) is 5.02 Å². The Kier molecular flexibility index (Phi) is 7.16. The Labute approximate surface area is 237 Å². The number of aromatic nitrogens is 3. The van der Waals surface area contributed by atoms with E-state index in [0.717, 1.165) is 29.3 Å². The van der Waals surface area contributed by atoms with Crippen LogP contribution in [0, 0.1) is 11.3 Å². The van der Waals surface area contributed by atoms with Crippen LogP contribution in [0.3, 0.4) is 0 Å². The first-order valence-corrected chi connectivity index (χ1v) is 13.7. The monoisotopic (exact) mass is 590 g/mol. The van der Waals surface area contributed by atoms with Gasteiger partial charge in [0.05, 0.1) is 18.4 Å². The first-order chi connectivity index (χ1) is 18.8. The van der Waals surface area contributed by atoms with E-state index < -0.39 is 29.4 Å². The van der Waals surface area contributed by atoms with Crippen molar-refractivity contribution in [2.45, 2.75) is 46.2 Å². The highest BCUT2D eigenvalue weighted by Crippen LogP contribution is 2.45. The molecule has 3 heterocycles. The first-order valence-electron chi connectivity index (χ1n) is 12.6. The fourth-order valence-corrected chi connectivity index (χ4v) is 6.55. The van der Waals surface area contributed by atoms with Crippen molar-refractivity contribution in [2.75, 3.05) is 12.4 Å². The third kappa shape index (κ3) is 5.08. The van der Waals surface area contributed by atoms with Gasteiger partial charge in [-0.05, 0) is 42.2 Å². The number of methoxy groups -OCH3 is 1. The fourth-order valence-electron chi connectivity index (χ4n) is 4.99. The molecule has 1 unspecified atom stereocenters. The second kappa shape index (κ2) is 10.2. The molecule has 0 saturated carbocycles. The number of esters is 1. The van der Waals surface area contributed by atoms with Gasteiger partial charge in [0.15, 0.2) is 17.0 Å². The Hall–Kier alpha value is -3.44. The molecule has 0 saturated heterocycles. The van der Waals surface area contributed by atoms with Crippen LogP contribution in [0.5, 0.6) is 0 Å². The van der Waals surface area contributed by atoms with Crippen LogP contribution in [0.15, 0.2) is 36.4 Å². The minimum Gasteiger partial charge on any atom is -0.465 e. The summed E-state index contributed by atoms with van der Waals surface area (Å²) in [4.78, 5) is 31.4. The van der Waals surface area contributed by atoms with Crippen LogP contribution in [-0.2, 0) is 23.8 Å². The van der Waals surface area contributed by atoms with E-state index >= 15 is 0 Å². The van der Waals surface area contributed by atoms with Gasteiger partial charge in [-0.2, -0.15) is 18.3 Å². The molecule has 1 aliphatic rings. The lowest BCUT2D eigenvalue weighted by atomic mass is 9.72. The van der Waals surface area contributed by atoms with Gasteiger partial charge in [-0.1, -0.05) is 62.7 Å². The van der Waals surface area contributed by atoms with E-state index in [0.29, 0.717) is 22.4 Å². The Morgan fingerprint density at radius 1 is 1.18 bits per heavy atom. The molecule has 0 spiro atoms. The molecule has 0 aliphatic heterocycles. The summed E-state index contributed by atoms with van der Waals surface area (Å²) >= 11 is 7.70. The van der Waals surface area contributed by atoms with Crippen LogP contribution >= 0.6 is 22.9 Å². The summed E-state index contributed by atoms with van der Waals surface area (Å²) in [6.45, 7) is 6.49. The highest BCUT2D eigenvalue weighted by atomic mass is 35.5. The smallest absolute Gasteiger partial charge is 0.433 e. The Bertz CT molecular complexity index is 1620. The van der Waals surface area contributed by atoms with Gasteiger partial charge in [0, 0.05) is 10.4 Å². The molecule has 3 aromatic heterocycles. The number of carbonyl (C=O) groups is 2. The molecule has 1 atom stereocenters. The maximum Gasteiger partial charge on any atom is 0.433 e. The first kappa shape index (κ1) is 28.1. The van der Waals surface area contributed by atoms with Gasteiger partial charge in [0.2, 0.25) is 0 Å². The Balaban J connectivity index is 1.57. The summed E-state index contributed by atoms with van der Waals surface area (Å²) in [5.41, 5.74) is -0.284. The summed E-state index contributed by atoms with van der Waals surface area (Å²) in [7, 11) is 1.26. The van der Waals surface area contributed by atoms with Crippen molar-refractivity contribution in [1.82, 2.24) is 14.6 Å². The Morgan fingerprint density at radius 3 is 2.50 bits per heavy atom. The normalized spacial score (nSPS) is 15.7. The molecular weight excluding hydrogens is 565 g/mol. The van der Waals surface area contributed by atoms with Gasteiger partial charge >= 0.3 is 12.1 Å². The number of amides is 1. The van der Waals surface area contributed by atoms with E-state index in [1.54, 1.807) is 30.3 Å². The average molecular weight is 591 g/mol. The summed E-state index contributed by atoms with van der Waals surface area (Å²) < 4.78 is 47.7. The standard InChI is InChI=1S/C28H26ClF3N4O3S/c1-27(2,3)15-10-11-16-18(12-15)40-25(20(16)26(38)39-4)34-24(37)22-21(29)23-33-17(14-8-6-5-7-9-14)13-19(28(30,31)32)36(23)35-22/h5-9,13,15H,10-12H2,1-4H3,(H,34,37). The molecule has 5 rings (SSSR count). The predicted octanol–water partition coefficient (Wildman–Crippen LogP) is 7.32. The number of hydrogen-bond acceptors (Lipinski definition) is 6. The summed E-state index contributed by atoms with van der Waals surface area (Å²) in [5, 5.41) is 6.49. The van der Waals surface area contributed by atoms with E-state index in [2.05, 4.69) is 36.2 Å². The molecule has 7 nitrogen and oxygen atoms in total. The van der Waals surface area contributed by atoms with Crippen LogP contribution < -0.4 is 5.32 Å². The maximum atomic E-state index is 14.0. The second-order valence-corrected chi connectivity index (χ2v) is 12.2. The molecule has 40 heavy (non-hydrogen) atoms. The molecular formula is C28H26ClF3N4O3S. The molecule has 0 fully saturated rings. The second-order valence-electron chi connectivity index (χ2n) is 10.7. The molecule has 12 heteroatoms. The molecule has 1 amide bonds. The molecule has 0 radical (unpaired) electrons. The molecule has 1 N–H and O–H groups in total. The van der Waals surface area contributed by atoms with E-state index in [1.807, 2.05) is 0 Å². The minimum atomic E-state index is -4.80. The highest BCUT2D eigenvalue weighted by molar-refractivity contribution is 7.17. The van der Waals surface area contributed by atoms with Crippen LogP contribution in [0.1, 0.15) is 64.2 Å². The lowest BCUT2D eigenvalue weighted by Crippen LogP contribution is -2.26. The number of nitrogens with zero attached hydrogens (tertiary/aromatic N) is 3. The highest BCUT2D eigenvalue weighted by Gasteiger charge is 2.38. The molecule has 1 aromatic carbocycles. The number of halogens is 4. The number of benzene rings is 1. The van der Waals surface area contributed by atoms with Crippen LogP contribution in [-0.4, -0.2) is 33.6 Å². The summed E-state index contributed by atoms with van der Waals surface area (Å²) in [5.74, 6) is -1.08. The third-order valence-electron chi connectivity index (χ3n) is 7.21. The van der Waals surface area contributed by atoms with E-state index in [1.165, 1.54) is 18.4 Å². The van der Waals surface area contributed by atoms with E-state index in [9.17, 15) is 22.8 Å². The number of alkyl halides is 3. The average Bonchev–Trinajstić information content (AvgIpc) is 3.43. The number of anilines is 1. The fraction of sp³-hybridized carbons (Fsp3) is 0.357. The van der Waals surface area contributed by atoms with Crippen LogP contribution in [0.25, 0.3) is 16.9 Å². The van der Waals surface area contributed by atoms with Gasteiger partial charge in [-0.3, -0.25) is 4.79 Å². The number of ether oxygens (including phenoxy) is 1. The van der Waals surface area contributed by atoms with Crippen molar-refractivity contribution in [3.8, 4) is 11.3 Å². The lowest BCUT2D eigenvalue weighted by Gasteiger charge is -2.33. The minimum absolute atomic E-state index is 0.0292. The van der Waals surface area contributed by atoms with Crippen molar-refractivity contribution in [3.63, 3.8) is 0 Å². The van der Waals surface area contributed by atoms with E-state index in [4.69, 9.17) is 16.3 Å². The van der Waals surface area contributed by atoms with Gasteiger partial charge in [-0.15, -0.1) is 11.3 Å². The van der Waals surface area contributed by atoms with Crippen molar-refractivity contribution in [2.24, 2.45) is 11.3 Å². The zero-order chi connectivity index (χ0) is 29.0. The maximum absolute atomic E-state index is 14.0. The molecule has 1 aliphatic carbocycles. The van der Waals surface area contributed by atoms with Gasteiger partial charge in [-0.25, -0.2) is 14.3 Å². The number of hydrogen-bond donors (Lipinski definition) is 1. The van der Waals surface area contributed by atoms with E-state index in [-0.39, 0.29) is 32.3 Å². The topological polar surface area (TPSA) is 85.6 Å². The number of carbonyl (C=O) groups excluding carboxylic acids is 2.